The second kappa shape index (κ2) is 7.45. The molecular weight excluding hydrogens is 306 g/mol. The second-order valence-corrected chi connectivity index (χ2v) is 5.18. The van der Waals surface area contributed by atoms with Crippen LogP contribution < -0.4 is 0 Å². The van der Waals surface area contributed by atoms with Crippen molar-refractivity contribution in [1.82, 2.24) is 24.9 Å². The van der Waals surface area contributed by atoms with Gasteiger partial charge in [0.25, 0.3) is 0 Å². The molecule has 0 atom stereocenters. The summed E-state index contributed by atoms with van der Waals surface area (Å²) in [4.78, 5) is 21.6. The van der Waals surface area contributed by atoms with Crippen LogP contribution in [-0.4, -0.2) is 54.9 Å². The number of aromatic amines is 1. The molecular formula is C12H17N7O4. The molecule has 124 valence electrons. The van der Waals surface area contributed by atoms with Crippen LogP contribution in [0.25, 0.3) is 0 Å². The van der Waals surface area contributed by atoms with E-state index in [4.69, 9.17) is 0 Å². The maximum atomic E-state index is 10.5. The van der Waals surface area contributed by atoms with Crippen LogP contribution in [-0.2, 0) is 0 Å². The van der Waals surface area contributed by atoms with Crippen LogP contribution in [0, 0.1) is 20.2 Å². The van der Waals surface area contributed by atoms with Gasteiger partial charge in [-0.2, -0.15) is 10.2 Å². The lowest BCUT2D eigenvalue weighted by Crippen LogP contribution is -2.31. The van der Waals surface area contributed by atoms with Gasteiger partial charge in [0.15, 0.2) is 0 Å². The quantitative estimate of drug-likeness (QED) is 0.665. The minimum absolute atomic E-state index is 0.00926. The van der Waals surface area contributed by atoms with Gasteiger partial charge in [0.1, 0.15) is 18.6 Å². The minimum Gasteiger partial charge on any atom is -0.306 e. The number of nitrogens with zero attached hydrogens (tertiary/aromatic N) is 6. The third-order valence-electron chi connectivity index (χ3n) is 3.56. The predicted molar refractivity (Wildman–Crippen MR) is 79.9 cm³/mol. The van der Waals surface area contributed by atoms with Crippen molar-refractivity contribution in [3.8, 4) is 0 Å². The fourth-order valence-electron chi connectivity index (χ4n) is 2.23. The predicted octanol–water partition coefficient (Wildman–Crippen LogP) is 1.38. The third kappa shape index (κ3) is 4.57. The van der Waals surface area contributed by atoms with Gasteiger partial charge in [0.05, 0.1) is 22.1 Å². The van der Waals surface area contributed by atoms with E-state index in [0.717, 1.165) is 32.1 Å². The molecule has 1 fully saturated rings. The first kappa shape index (κ1) is 16.5. The van der Waals surface area contributed by atoms with Crippen molar-refractivity contribution in [2.24, 2.45) is 0 Å². The Morgan fingerprint density at radius 1 is 1.17 bits per heavy atom. The molecule has 2 aromatic heterocycles. The number of piperidine rings is 1. The van der Waals surface area contributed by atoms with Crippen molar-refractivity contribution in [2.75, 3.05) is 20.1 Å². The lowest BCUT2D eigenvalue weighted by molar-refractivity contribution is -0.385. The van der Waals surface area contributed by atoms with E-state index in [1.165, 1.54) is 18.6 Å². The van der Waals surface area contributed by atoms with Crippen LogP contribution in [0.2, 0.25) is 0 Å². The summed E-state index contributed by atoms with van der Waals surface area (Å²) in [6.45, 7) is 2.05. The fourth-order valence-corrected chi connectivity index (χ4v) is 2.23. The second-order valence-electron chi connectivity index (χ2n) is 5.18. The summed E-state index contributed by atoms with van der Waals surface area (Å²) in [5.41, 5.74) is 0.0685. The van der Waals surface area contributed by atoms with Gasteiger partial charge in [-0.1, -0.05) is 0 Å². The summed E-state index contributed by atoms with van der Waals surface area (Å²) in [5.74, 6) is 0. The molecule has 0 radical (unpaired) electrons. The van der Waals surface area contributed by atoms with Crippen LogP contribution >= 0.6 is 0 Å². The number of hydrogen-bond donors (Lipinski definition) is 1. The van der Waals surface area contributed by atoms with Crippen LogP contribution in [0.5, 0.6) is 0 Å². The Balaban J connectivity index is 0.000000203. The standard InChI is InChI=1S/C9H14N4O2.C3H3N3O2/c1-11-4-2-8(3-5-11)12-7-9(6-10-12)13(14)15;7-6(8)3-1-4-5-2-3/h6-8H,2-5H2,1H3;1-2H,(H,4,5). The summed E-state index contributed by atoms with van der Waals surface area (Å²) in [6, 6.07) is 0.315. The van der Waals surface area contributed by atoms with Gasteiger partial charge < -0.3 is 4.90 Å². The monoisotopic (exact) mass is 323 g/mol. The Kier molecular flexibility index (Phi) is 5.36. The largest absolute Gasteiger partial charge is 0.307 e. The molecule has 0 amide bonds. The number of likely N-dealkylation sites (tertiary alicyclic amines) is 1. The zero-order valence-corrected chi connectivity index (χ0v) is 12.5. The summed E-state index contributed by atoms with van der Waals surface area (Å²) in [5, 5.41) is 30.0. The molecule has 1 N–H and O–H groups in total. The Morgan fingerprint density at radius 3 is 2.26 bits per heavy atom. The lowest BCUT2D eigenvalue weighted by Gasteiger charge is -2.28. The number of rotatable bonds is 3. The highest BCUT2D eigenvalue weighted by Gasteiger charge is 2.20. The molecule has 0 bridgehead atoms. The normalized spacial score (nSPS) is 15.7. The molecule has 1 saturated heterocycles. The van der Waals surface area contributed by atoms with Crippen molar-refractivity contribution in [3.63, 3.8) is 0 Å². The molecule has 0 aliphatic carbocycles. The van der Waals surface area contributed by atoms with Crippen LogP contribution in [0.3, 0.4) is 0 Å². The van der Waals surface area contributed by atoms with Crippen LogP contribution in [0.1, 0.15) is 18.9 Å². The van der Waals surface area contributed by atoms with Crippen molar-refractivity contribution in [3.05, 3.63) is 45.0 Å². The zero-order valence-electron chi connectivity index (χ0n) is 12.5. The van der Waals surface area contributed by atoms with Gasteiger partial charge in [-0.15, -0.1) is 0 Å². The first-order valence-electron chi connectivity index (χ1n) is 6.97. The van der Waals surface area contributed by atoms with E-state index in [2.05, 4.69) is 27.2 Å². The minimum atomic E-state index is -0.510. The maximum absolute atomic E-state index is 10.5. The van der Waals surface area contributed by atoms with E-state index < -0.39 is 9.85 Å². The van der Waals surface area contributed by atoms with E-state index in [0.29, 0.717) is 6.04 Å². The average Bonchev–Trinajstić information content (AvgIpc) is 3.20. The molecule has 11 nitrogen and oxygen atoms in total. The zero-order chi connectivity index (χ0) is 16.8. The van der Waals surface area contributed by atoms with E-state index in [1.54, 1.807) is 4.68 Å². The number of hydrogen-bond acceptors (Lipinski definition) is 7. The first-order chi connectivity index (χ1) is 11.0. The molecule has 11 heteroatoms. The summed E-state index contributed by atoms with van der Waals surface area (Å²) >= 11 is 0. The average molecular weight is 323 g/mol. The van der Waals surface area contributed by atoms with Crippen LogP contribution in [0.15, 0.2) is 24.8 Å². The Labute approximate surface area is 131 Å². The highest BCUT2D eigenvalue weighted by molar-refractivity contribution is 5.21. The van der Waals surface area contributed by atoms with Gasteiger partial charge in [-0.25, -0.2) is 0 Å². The summed E-state index contributed by atoms with van der Waals surface area (Å²) in [6.07, 6.45) is 7.24. The molecule has 3 heterocycles. The summed E-state index contributed by atoms with van der Waals surface area (Å²) in [7, 11) is 2.09. The van der Waals surface area contributed by atoms with E-state index >= 15 is 0 Å². The molecule has 3 rings (SSSR count). The van der Waals surface area contributed by atoms with Gasteiger partial charge in [0.2, 0.25) is 0 Å². The Bertz CT molecular complexity index is 646. The molecule has 23 heavy (non-hydrogen) atoms. The third-order valence-corrected chi connectivity index (χ3v) is 3.56. The van der Waals surface area contributed by atoms with E-state index in [1.807, 2.05) is 0 Å². The lowest BCUT2D eigenvalue weighted by atomic mass is 10.1. The highest BCUT2D eigenvalue weighted by Crippen LogP contribution is 2.22. The van der Waals surface area contributed by atoms with E-state index in [9.17, 15) is 20.2 Å². The van der Waals surface area contributed by atoms with Crippen molar-refractivity contribution in [2.45, 2.75) is 18.9 Å². The van der Waals surface area contributed by atoms with Gasteiger partial charge >= 0.3 is 11.4 Å². The number of H-pyrrole nitrogens is 1. The first-order valence-corrected chi connectivity index (χ1v) is 6.97. The molecule has 2 aromatic rings. The van der Waals surface area contributed by atoms with Crippen LogP contribution in [0.4, 0.5) is 11.4 Å². The SMILES string of the molecule is CN1CCC(n2cc([N+](=O)[O-])cn2)CC1.O=[N+]([O-])c1cn[nH]c1. The Hall–Kier alpha value is -2.82. The molecule has 1 aliphatic heterocycles. The van der Waals surface area contributed by atoms with Gasteiger partial charge in [-0.05, 0) is 33.0 Å². The molecule has 0 unspecified atom stereocenters. The van der Waals surface area contributed by atoms with Gasteiger partial charge in [-0.3, -0.25) is 30.0 Å². The number of nitro groups is 2. The van der Waals surface area contributed by atoms with Gasteiger partial charge in [0, 0.05) is 0 Å². The smallest absolute Gasteiger partial charge is 0.306 e. The molecule has 1 aliphatic rings. The highest BCUT2D eigenvalue weighted by atomic mass is 16.6. The molecule has 0 saturated carbocycles. The number of nitrogens with one attached hydrogen (secondary N) is 1. The number of aromatic nitrogens is 4. The fraction of sp³-hybridized carbons (Fsp3) is 0.500. The van der Waals surface area contributed by atoms with Crippen molar-refractivity contribution < 1.29 is 9.85 Å². The summed E-state index contributed by atoms with van der Waals surface area (Å²) < 4.78 is 1.73. The van der Waals surface area contributed by atoms with Crippen molar-refractivity contribution >= 4 is 11.4 Å². The molecule has 0 aromatic carbocycles. The van der Waals surface area contributed by atoms with Crippen molar-refractivity contribution in [1.29, 1.82) is 0 Å². The molecule has 0 spiro atoms. The Morgan fingerprint density at radius 2 is 1.83 bits per heavy atom. The van der Waals surface area contributed by atoms with E-state index in [-0.39, 0.29) is 11.4 Å². The topological polar surface area (TPSA) is 136 Å². The maximum Gasteiger partial charge on any atom is 0.307 e.